The first-order chi connectivity index (χ1) is 17.2. The monoisotopic (exact) mass is 537 g/mol. The van der Waals surface area contributed by atoms with Crippen molar-refractivity contribution >= 4 is 52.4 Å². The van der Waals surface area contributed by atoms with Crippen molar-refractivity contribution in [2.75, 3.05) is 38.5 Å². The number of alkyl halides is 1. The molecule has 2 unspecified atom stereocenters. The highest BCUT2D eigenvalue weighted by Gasteiger charge is 2.33. The average Bonchev–Trinajstić information content (AvgIpc) is 3.48. The number of amides is 4. The number of nitrogens with one attached hydrogen (secondary N) is 3. The van der Waals surface area contributed by atoms with E-state index in [2.05, 4.69) is 30.8 Å². The van der Waals surface area contributed by atoms with Crippen LogP contribution in [0.1, 0.15) is 26.8 Å². The lowest BCUT2D eigenvalue weighted by molar-refractivity contribution is -0.137. The van der Waals surface area contributed by atoms with Crippen LogP contribution in [0.5, 0.6) is 0 Å². The number of hydrogen-bond acceptors (Lipinski definition) is 8. The van der Waals surface area contributed by atoms with Crippen molar-refractivity contribution in [2.24, 2.45) is 0 Å². The quantitative estimate of drug-likeness (QED) is 0.459. The standard InChI is InChI=1S/C22H25ClFN7O4S/c1-30-6-5-14-16(11-30)36-21(28-14)20(34)27-15(22(35)31-7-4-13(24)10-31)9-26-18(32)19(33)29-17-3-2-12(23)8-25-17/h2-3,8,13,15H,4-7,9-11H2,1H3,(H,26,32)(H,27,34)(H,25,29,33). The van der Waals surface area contributed by atoms with Crippen LogP contribution in [0, 0.1) is 0 Å². The molecule has 4 amide bonds. The molecule has 0 saturated carbocycles. The van der Waals surface area contributed by atoms with Crippen molar-refractivity contribution in [2.45, 2.75) is 31.6 Å². The second kappa shape index (κ2) is 11.3. The molecular weight excluding hydrogens is 513 g/mol. The smallest absolute Gasteiger partial charge is 0.314 e. The van der Waals surface area contributed by atoms with Gasteiger partial charge in [-0.1, -0.05) is 11.6 Å². The molecule has 3 N–H and O–H groups in total. The Labute approximate surface area is 215 Å². The predicted octanol–water partition coefficient (Wildman–Crippen LogP) is 0.603. The van der Waals surface area contributed by atoms with Gasteiger partial charge in [0.2, 0.25) is 5.91 Å². The molecule has 2 atom stereocenters. The minimum Gasteiger partial charge on any atom is -0.345 e. The Balaban J connectivity index is 1.41. The highest BCUT2D eigenvalue weighted by atomic mass is 35.5. The highest BCUT2D eigenvalue weighted by molar-refractivity contribution is 7.13. The number of aromatic nitrogens is 2. The zero-order chi connectivity index (χ0) is 25.8. The van der Waals surface area contributed by atoms with E-state index in [1.54, 1.807) is 0 Å². The minimum atomic E-state index is -1.21. The summed E-state index contributed by atoms with van der Waals surface area (Å²) in [6.45, 7) is 1.24. The fraction of sp³-hybridized carbons (Fsp3) is 0.455. The maximum atomic E-state index is 13.7. The van der Waals surface area contributed by atoms with E-state index in [-0.39, 0.29) is 36.9 Å². The topological polar surface area (TPSA) is 137 Å². The molecule has 2 aromatic rings. The van der Waals surface area contributed by atoms with Gasteiger partial charge in [0.1, 0.15) is 18.0 Å². The van der Waals surface area contributed by atoms with Crippen LogP contribution >= 0.6 is 22.9 Å². The molecule has 4 rings (SSSR count). The summed E-state index contributed by atoms with van der Waals surface area (Å²) in [5, 5.41) is 7.84. The Bertz CT molecular complexity index is 1160. The van der Waals surface area contributed by atoms with Gasteiger partial charge in [-0.25, -0.2) is 14.4 Å². The van der Waals surface area contributed by atoms with Crippen LogP contribution in [0.25, 0.3) is 0 Å². The van der Waals surface area contributed by atoms with E-state index >= 15 is 0 Å². The molecule has 2 aliphatic rings. The summed E-state index contributed by atoms with van der Waals surface area (Å²) in [5.74, 6) is -3.05. The van der Waals surface area contributed by atoms with Crippen LogP contribution < -0.4 is 16.0 Å². The highest BCUT2D eigenvalue weighted by Crippen LogP contribution is 2.24. The van der Waals surface area contributed by atoms with Crippen molar-refractivity contribution in [1.29, 1.82) is 0 Å². The summed E-state index contributed by atoms with van der Waals surface area (Å²) in [5.41, 5.74) is 0.853. The predicted molar refractivity (Wildman–Crippen MR) is 130 cm³/mol. The zero-order valence-electron chi connectivity index (χ0n) is 19.4. The van der Waals surface area contributed by atoms with E-state index in [1.807, 2.05) is 7.05 Å². The third kappa shape index (κ3) is 6.33. The van der Waals surface area contributed by atoms with Gasteiger partial charge < -0.3 is 25.8 Å². The molecule has 36 heavy (non-hydrogen) atoms. The van der Waals surface area contributed by atoms with E-state index in [1.165, 1.54) is 34.6 Å². The number of nitrogens with zero attached hydrogens (tertiary/aromatic N) is 4. The van der Waals surface area contributed by atoms with Crippen LogP contribution in [0.4, 0.5) is 10.2 Å². The third-order valence-corrected chi connectivity index (χ3v) is 7.11. The van der Waals surface area contributed by atoms with Crippen LogP contribution in [0.2, 0.25) is 5.02 Å². The molecule has 0 radical (unpaired) electrons. The SMILES string of the molecule is CN1CCc2nc(C(=O)NC(CNC(=O)C(=O)Nc3ccc(Cl)cn3)C(=O)N3CCC(F)C3)sc2C1. The first-order valence-corrected chi connectivity index (χ1v) is 12.5. The molecular formula is C22H25ClFN7O4S. The van der Waals surface area contributed by atoms with E-state index in [9.17, 15) is 23.6 Å². The fourth-order valence-electron chi connectivity index (χ4n) is 3.88. The number of carbonyl (C=O) groups excluding carboxylic acids is 4. The van der Waals surface area contributed by atoms with Gasteiger partial charge in [0.05, 0.1) is 17.3 Å². The Morgan fingerprint density at radius 3 is 2.75 bits per heavy atom. The number of carbonyl (C=O) groups is 4. The molecule has 0 bridgehead atoms. The van der Waals surface area contributed by atoms with Gasteiger partial charge in [0.15, 0.2) is 5.01 Å². The molecule has 4 heterocycles. The normalized spacial score (nSPS) is 18.3. The van der Waals surface area contributed by atoms with Crippen LogP contribution in [0.15, 0.2) is 18.3 Å². The summed E-state index contributed by atoms with van der Waals surface area (Å²) in [4.78, 5) is 63.3. The summed E-state index contributed by atoms with van der Waals surface area (Å²) >= 11 is 7.00. The third-order valence-electron chi connectivity index (χ3n) is 5.80. The molecule has 11 nitrogen and oxygen atoms in total. The molecule has 0 spiro atoms. The summed E-state index contributed by atoms with van der Waals surface area (Å²) in [7, 11) is 1.98. The second-order valence-electron chi connectivity index (χ2n) is 8.60. The van der Waals surface area contributed by atoms with Gasteiger partial charge in [-0.05, 0) is 25.6 Å². The second-order valence-corrected chi connectivity index (χ2v) is 10.1. The van der Waals surface area contributed by atoms with E-state index in [0.717, 1.165) is 23.5 Å². The number of rotatable bonds is 6. The number of halogens is 2. The molecule has 0 aromatic carbocycles. The van der Waals surface area contributed by atoms with Gasteiger partial charge in [0, 0.05) is 43.7 Å². The molecule has 2 aromatic heterocycles. The Morgan fingerprint density at radius 1 is 1.25 bits per heavy atom. The first-order valence-electron chi connectivity index (χ1n) is 11.3. The Kier molecular flexibility index (Phi) is 8.11. The van der Waals surface area contributed by atoms with Crippen molar-refractivity contribution in [1.82, 2.24) is 30.4 Å². The molecule has 192 valence electrons. The molecule has 2 aliphatic heterocycles. The number of likely N-dealkylation sites (tertiary alicyclic amines) is 1. The van der Waals surface area contributed by atoms with Crippen molar-refractivity contribution < 1.29 is 23.6 Å². The number of thiazole rings is 1. The Hall–Kier alpha value is -3.16. The van der Waals surface area contributed by atoms with Gasteiger partial charge >= 0.3 is 11.8 Å². The molecule has 14 heteroatoms. The zero-order valence-corrected chi connectivity index (χ0v) is 21.0. The van der Waals surface area contributed by atoms with Gasteiger partial charge in [-0.2, -0.15) is 0 Å². The number of pyridine rings is 1. The van der Waals surface area contributed by atoms with Gasteiger partial charge in [-0.3, -0.25) is 19.2 Å². The van der Waals surface area contributed by atoms with E-state index in [4.69, 9.17) is 11.6 Å². The molecule has 0 aliphatic carbocycles. The average molecular weight is 538 g/mol. The fourth-order valence-corrected chi connectivity index (χ4v) is 5.08. The number of hydrogen-bond donors (Lipinski definition) is 3. The van der Waals surface area contributed by atoms with Crippen molar-refractivity contribution in [3.05, 3.63) is 38.9 Å². The summed E-state index contributed by atoms with van der Waals surface area (Å²) < 4.78 is 13.7. The summed E-state index contributed by atoms with van der Waals surface area (Å²) in [6, 6.07) is 1.71. The maximum Gasteiger partial charge on any atom is 0.314 e. The van der Waals surface area contributed by atoms with Crippen LogP contribution in [-0.4, -0.2) is 88.8 Å². The van der Waals surface area contributed by atoms with Crippen molar-refractivity contribution in [3.63, 3.8) is 0 Å². The van der Waals surface area contributed by atoms with Crippen LogP contribution in [0.3, 0.4) is 0 Å². The Morgan fingerprint density at radius 2 is 2.06 bits per heavy atom. The minimum absolute atomic E-state index is 0.0975. The number of likely N-dealkylation sites (N-methyl/N-ethyl adjacent to an activating group) is 1. The lowest BCUT2D eigenvalue weighted by Crippen LogP contribution is -2.54. The van der Waals surface area contributed by atoms with Gasteiger partial charge in [0.25, 0.3) is 5.91 Å². The van der Waals surface area contributed by atoms with E-state index < -0.39 is 35.8 Å². The molecule has 1 fully saturated rings. The lowest BCUT2D eigenvalue weighted by Gasteiger charge is -2.24. The van der Waals surface area contributed by atoms with Gasteiger partial charge in [-0.15, -0.1) is 11.3 Å². The lowest BCUT2D eigenvalue weighted by atomic mass is 10.2. The van der Waals surface area contributed by atoms with Crippen LogP contribution in [-0.2, 0) is 27.3 Å². The summed E-state index contributed by atoms with van der Waals surface area (Å²) in [6.07, 6.45) is 1.07. The number of fused-ring (bicyclic) bond motifs is 1. The maximum absolute atomic E-state index is 13.7. The number of anilines is 1. The largest absolute Gasteiger partial charge is 0.345 e. The van der Waals surface area contributed by atoms with Crippen molar-refractivity contribution in [3.8, 4) is 0 Å². The van der Waals surface area contributed by atoms with E-state index in [0.29, 0.717) is 11.6 Å². The molecule has 1 saturated heterocycles. The first kappa shape index (κ1) is 25.9.